The Kier molecular flexibility index (Phi) is 3.01. The Morgan fingerprint density at radius 2 is 2.18 bits per heavy atom. The van der Waals surface area contributed by atoms with Crippen molar-refractivity contribution in [1.29, 1.82) is 0 Å². The summed E-state index contributed by atoms with van der Waals surface area (Å²) in [7, 11) is 0. The monoisotopic (exact) mass is 168 g/mol. The maximum atomic E-state index is 8.47. The standard InChI is InChI=1S/C8H8O2S/c9-6-10-8-4-2-1-3-7(8)5-11/h1-5,9H,6H2. The molecule has 2 nitrogen and oxygen atoms in total. The van der Waals surface area contributed by atoms with Crippen molar-refractivity contribution in [1.82, 2.24) is 0 Å². The zero-order valence-electron chi connectivity index (χ0n) is 5.86. The summed E-state index contributed by atoms with van der Waals surface area (Å²) in [6, 6.07) is 7.28. The second-order valence-corrected chi connectivity index (χ2v) is 2.16. The number of hydrogen-bond acceptors (Lipinski definition) is 3. The Morgan fingerprint density at radius 1 is 1.45 bits per heavy atom. The summed E-state index contributed by atoms with van der Waals surface area (Å²) in [5.74, 6) is 0.616. The number of para-hydroxylation sites is 1. The van der Waals surface area contributed by atoms with E-state index in [9.17, 15) is 0 Å². The summed E-state index contributed by atoms with van der Waals surface area (Å²) < 4.78 is 4.89. The van der Waals surface area contributed by atoms with Gasteiger partial charge in [0.25, 0.3) is 0 Å². The Balaban J connectivity index is 2.92. The molecular formula is C8H8O2S. The Hall–Kier alpha value is -0.930. The molecule has 0 saturated heterocycles. The van der Waals surface area contributed by atoms with Gasteiger partial charge in [0.05, 0.1) is 0 Å². The smallest absolute Gasteiger partial charge is 0.186 e. The predicted octanol–water partition coefficient (Wildman–Crippen LogP) is 1.36. The Morgan fingerprint density at radius 3 is 2.82 bits per heavy atom. The van der Waals surface area contributed by atoms with Crippen LogP contribution in [0, 0.1) is 0 Å². The molecule has 0 spiro atoms. The molecule has 0 saturated carbocycles. The van der Waals surface area contributed by atoms with Gasteiger partial charge in [0.1, 0.15) is 5.75 Å². The molecule has 0 aliphatic carbocycles. The highest BCUT2D eigenvalue weighted by Gasteiger charge is 1.96. The minimum absolute atomic E-state index is 0.319. The van der Waals surface area contributed by atoms with Crippen molar-refractivity contribution in [3.63, 3.8) is 0 Å². The minimum Gasteiger partial charge on any atom is -0.467 e. The lowest BCUT2D eigenvalue weighted by atomic mass is 10.2. The van der Waals surface area contributed by atoms with E-state index in [0.29, 0.717) is 5.75 Å². The van der Waals surface area contributed by atoms with Crippen LogP contribution in [0.3, 0.4) is 0 Å². The van der Waals surface area contributed by atoms with Gasteiger partial charge < -0.3 is 9.84 Å². The van der Waals surface area contributed by atoms with Gasteiger partial charge in [0.2, 0.25) is 0 Å². The summed E-state index contributed by atoms with van der Waals surface area (Å²) >= 11 is 4.73. The third-order valence-electron chi connectivity index (χ3n) is 1.27. The van der Waals surface area contributed by atoms with Gasteiger partial charge in [0.15, 0.2) is 6.79 Å². The van der Waals surface area contributed by atoms with Crippen LogP contribution in [0.25, 0.3) is 0 Å². The molecule has 58 valence electrons. The van der Waals surface area contributed by atoms with Crippen molar-refractivity contribution in [3.05, 3.63) is 29.8 Å². The molecule has 0 fully saturated rings. The van der Waals surface area contributed by atoms with E-state index in [-0.39, 0.29) is 6.79 Å². The van der Waals surface area contributed by atoms with Crippen molar-refractivity contribution >= 4 is 17.6 Å². The van der Waals surface area contributed by atoms with Gasteiger partial charge in [-0.1, -0.05) is 30.4 Å². The van der Waals surface area contributed by atoms with Crippen LogP contribution in [0.15, 0.2) is 24.3 Å². The van der Waals surface area contributed by atoms with E-state index in [1.807, 2.05) is 18.2 Å². The van der Waals surface area contributed by atoms with Crippen LogP contribution in [0.4, 0.5) is 0 Å². The molecule has 0 aromatic heterocycles. The largest absolute Gasteiger partial charge is 0.467 e. The van der Waals surface area contributed by atoms with Gasteiger partial charge in [-0.15, -0.1) is 0 Å². The van der Waals surface area contributed by atoms with Crippen LogP contribution in [0.5, 0.6) is 5.75 Å². The lowest BCUT2D eigenvalue weighted by Crippen LogP contribution is -1.97. The van der Waals surface area contributed by atoms with Gasteiger partial charge in [-0.2, -0.15) is 0 Å². The number of aliphatic hydroxyl groups is 1. The number of aliphatic hydroxyl groups excluding tert-OH is 1. The number of rotatable bonds is 3. The maximum Gasteiger partial charge on any atom is 0.186 e. The molecule has 0 unspecified atom stereocenters. The number of ether oxygens (including phenoxy) is 1. The first-order chi connectivity index (χ1) is 5.38. The zero-order chi connectivity index (χ0) is 8.10. The topological polar surface area (TPSA) is 29.5 Å². The molecule has 1 N–H and O–H groups in total. The van der Waals surface area contributed by atoms with Crippen LogP contribution in [-0.4, -0.2) is 17.3 Å². The molecule has 0 bridgehead atoms. The maximum absolute atomic E-state index is 8.47. The normalized spacial score (nSPS) is 9.18. The summed E-state index contributed by atoms with van der Waals surface area (Å²) in [4.78, 5) is 0. The quantitative estimate of drug-likeness (QED) is 0.546. The van der Waals surface area contributed by atoms with Crippen molar-refractivity contribution in [2.45, 2.75) is 0 Å². The first-order valence-electron chi connectivity index (χ1n) is 3.16. The summed E-state index contributed by atoms with van der Waals surface area (Å²) in [6.45, 7) is -0.319. The average molecular weight is 168 g/mol. The van der Waals surface area contributed by atoms with E-state index in [1.54, 1.807) is 6.07 Å². The molecule has 0 radical (unpaired) electrons. The summed E-state index contributed by atoms with van der Waals surface area (Å²) in [6.07, 6.45) is 0. The molecule has 1 rings (SSSR count). The van der Waals surface area contributed by atoms with E-state index in [4.69, 9.17) is 22.1 Å². The van der Waals surface area contributed by atoms with Crippen molar-refractivity contribution in [3.8, 4) is 5.75 Å². The van der Waals surface area contributed by atoms with Crippen LogP contribution in [0.2, 0.25) is 0 Å². The SMILES string of the molecule is OCOc1ccccc1C=S. The van der Waals surface area contributed by atoms with Gasteiger partial charge in [-0.3, -0.25) is 0 Å². The van der Waals surface area contributed by atoms with Gasteiger partial charge in [0, 0.05) is 10.9 Å². The number of benzene rings is 1. The molecule has 0 atom stereocenters. The third kappa shape index (κ3) is 2.00. The molecule has 0 heterocycles. The number of thiocarbonyl (C=S) groups is 1. The second-order valence-electron chi connectivity index (χ2n) is 1.93. The van der Waals surface area contributed by atoms with E-state index >= 15 is 0 Å². The lowest BCUT2D eigenvalue weighted by Gasteiger charge is -2.03. The molecule has 3 heteroatoms. The summed E-state index contributed by atoms with van der Waals surface area (Å²) in [5, 5.41) is 9.99. The summed E-state index contributed by atoms with van der Waals surface area (Å²) in [5.41, 5.74) is 0.816. The van der Waals surface area contributed by atoms with Crippen LogP contribution < -0.4 is 4.74 Å². The first-order valence-corrected chi connectivity index (χ1v) is 3.63. The van der Waals surface area contributed by atoms with E-state index < -0.39 is 0 Å². The fourth-order valence-electron chi connectivity index (χ4n) is 0.779. The van der Waals surface area contributed by atoms with Gasteiger partial charge in [-0.05, 0) is 6.07 Å². The van der Waals surface area contributed by atoms with Crippen LogP contribution >= 0.6 is 12.2 Å². The van der Waals surface area contributed by atoms with Crippen molar-refractivity contribution in [2.24, 2.45) is 0 Å². The predicted molar refractivity (Wildman–Crippen MR) is 46.9 cm³/mol. The lowest BCUT2D eigenvalue weighted by molar-refractivity contribution is 0.0984. The van der Waals surface area contributed by atoms with Crippen molar-refractivity contribution in [2.75, 3.05) is 6.79 Å². The van der Waals surface area contributed by atoms with E-state index in [1.165, 1.54) is 5.37 Å². The van der Waals surface area contributed by atoms with Gasteiger partial charge >= 0.3 is 0 Å². The van der Waals surface area contributed by atoms with E-state index in [2.05, 4.69) is 0 Å². The Bertz CT molecular complexity index is 248. The fourth-order valence-corrected chi connectivity index (χ4v) is 0.974. The highest BCUT2D eigenvalue weighted by Crippen LogP contribution is 2.14. The second kappa shape index (κ2) is 4.05. The minimum atomic E-state index is -0.319. The first kappa shape index (κ1) is 8.17. The highest BCUT2D eigenvalue weighted by atomic mass is 32.1. The van der Waals surface area contributed by atoms with Crippen LogP contribution in [-0.2, 0) is 0 Å². The zero-order valence-corrected chi connectivity index (χ0v) is 6.67. The number of hydrogen-bond donors (Lipinski definition) is 1. The molecule has 1 aromatic rings. The molecule has 0 aliphatic rings. The molecular weight excluding hydrogens is 160 g/mol. The van der Waals surface area contributed by atoms with Crippen molar-refractivity contribution < 1.29 is 9.84 Å². The fraction of sp³-hybridized carbons (Fsp3) is 0.125. The van der Waals surface area contributed by atoms with Crippen LogP contribution in [0.1, 0.15) is 5.56 Å². The molecule has 1 aromatic carbocycles. The Labute approximate surface area is 70.4 Å². The third-order valence-corrected chi connectivity index (χ3v) is 1.52. The highest BCUT2D eigenvalue weighted by molar-refractivity contribution is 7.79. The molecule has 0 amide bonds. The average Bonchev–Trinajstić information content (AvgIpc) is 2.06. The molecule has 0 aliphatic heterocycles. The van der Waals surface area contributed by atoms with E-state index in [0.717, 1.165) is 5.56 Å². The van der Waals surface area contributed by atoms with Gasteiger partial charge in [-0.25, -0.2) is 0 Å². The molecule has 11 heavy (non-hydrogen) atoms.